The lowest BCUT2D eigenvalue weighted by atomic mass is 10.2. The first-order valence-corrected chi connectivity index (χ1v) is 10.1. The molecule has 0 aliphatic rings. The number of hydrogen-bond donors (Lipinski definition) is 1. The summed E-state index contributed by atoms with van der Waals surface area (Å²) in [6.07, 6.45) is 1.76. The van der Waals surface area contributed by atoms with Crippen LogP contribution in [-0.4, -0.2) is 20.7 Å². The number of benzene rings is 2. The molecular formula is C21H16ClFN4OS. The Balaban J connectivity index is 1.41. The van der Waals surface area contributed by atoms with Gasteiger partial charge in [0.05, 0.1) is 24.9 Å². The third-order valence-corrected chi connectivity index (χ3v) is 5.39. The molecule has 0 saturated carbocycles. The minimum absolute atomic E-state index is 0.123. The number of nitrogens with one attached hydrogen (secondary N) is 1. The fourth-order valence-electron chi connectivity index (χ4n) is 2.82. The maximum absolute atomic E-state index is 13.4. The summed E-state index contributed by atoms with van der Waals surface area (Å²) in [7, 11) is 0. The molecule has 29 heavy (non-hydrogen) atoms. The number of hydrogen-bond acceptors (Lipinski definition) is 4. The first-order chi connectivity index (χ1) is 14.1. The number of carbonyl (C=O) groups is 1. The molecule has 1 amide bonds. The van der Waals surface area contributed by atoms with E-state index >= 15 is 0 Å². The predicted octanol–water partition coefficient (Wildman–Crippen LogP) is 5.03. The maximum atomic E-state index is 13.4. The number of aromatic nitrogens is 3. The monoisotopic (exact) mass is 426 g/mol. The highest BCUT2D eigenvalue weighted by Gasteiger charge is 2.12. The number of rotatable bonds is 6. The highest BCUT2D eigenvalue weighted by molar-refractivity contribution is 7.13. The van der Waals surface area contributed by atoms with E-state index in [1.165, 1.54) is 23.5 Å². The van der Waals surface area contributed by atoms with Crippen LogP contribution in [0.5, 0.6) is 0 Å². The number of thiazole rings is 1. The van der Waals surface area contributed by atoms with Gasteiger partial charge in [-0.2, -0.15) is 5.10 Å². The minimum atomic E-state index is -0.314. The van der Waals surface area contributed by atoms with Gasteiger partial charge in [0.15, 0.2) is 0 Å². The Labute approximate surface area is 175 Å². The van der Waals surface area contributed by atoms with Gasteiger partial charge in [-0.15, -0.1) is 11.3 Å². The van der Waals surface area contributed by atoms with Gasteiger partial charge in [0.25, 0.3) is 0 Å². The van der Waals surface area contributed by atoms with E-state index in [4.69, 9.17) is 11.6 Å². The smallest absolute Gasteiger partial charge is 0.231 e. The molecule has 146 valence electrons. The third kappa shape index (κ3) is 4.88. The van der Waals surface area contributed by atoms with E-state index in [0.717, 1.165) is 5.56 Å². The molecule has 4 rings (SSSR count). The summed E-state index contributed by atoms with van der Waals surface area (Å²) in [5.41, 5.74) is 2.35. The largest absolute Gasteiger partial charge is 0.311 e. The Hall–Kier alpha value is -3.03. The van der Waals surface area contributed by atoms with Crippen molar-refractivity contribution in [2.75, 3.05) is 5.32 Å². The van der Waals surface area contributed by atoms with Crippen molar-refractivity contribution in [1.82, 2.24) is 14.8 Å². The molecule has 0 unspecified atom stereocenters. The van der Waals surface area contributed by atoms with Crippen molar-refractivity contribution in [2.24, 2.45) is 0 Å². The molecule has 0 bridgehead atoms. The van der Waals surface area contributed by atoms with Crippen LogP contribution in [0.1, 0.15) is 11.3 Å². The van der Waals surface area contributed by atoms with Crippen LogP contribution in [0, 0.1) is 5.82 Å². The molecule has 0 aliphatic heterocycles. The van der Waals surface area contributed by atoms with Gasteiger partial charge >= 0.3 is 0 Å². The zero-order valence-corrected chi connectivity index (χ0v) is 16.8. The zero-order chi connectivity index (χ0) is 20.2. The summed E-state index contributed by atoms with van der Waals surface area (Å²) in [5, 5.41) is 10.3. The summed E-state index contributed by atoms with van der Waals surface area (Å²) in [6, 6.07) is 15.5. The standard InChI is InChI=1S/C21H16ClFN4OS/c22-16-6-4-14(5-7-16)12-27-19(8-9-24-27)26-20(28)11-18-13-29-21(25-18)15-2-1-3-17(23)10-15/h1-10,13H,11-12H2,(H,26,28). The Kier molecular flexibility index (Phi) is 5.69. The lowest BCUT2D eigenvalue weighted by Crippen LogP contribution is -2.18. The molecule has 1 N–H and O–H groups in total. The second-order valence-corrected chi connectivity index (χ2v) is 7.67. The number of anilines is 1. The average molecular weight is 427 g/mol. The molecule has 0 saturated heterocycles. The fourth-order valence-corrected chi connectivity index (χ4v) is 3.76. The molecule has 4 aromatic rings. The van der Waals surface area contributed by atoms with E-state index < -0.39 is 0 Å². The van der Waals surface area contributed by atoms with Crippen molar-refractivity contribution in [3.8, 4) is 10.6 Å². The Bertz CT molecular complexity index is 1140. The summed E-state index contributed by atoms with van der Waals surface area (Å²) in [4.78, 5) is 16.9. The molecular weight excluding hydrogens is 411 g/mol. The molecule has 2 aromatic carbocycles. The quantitative estimate of drug-likeness (QED) is 0.470. The molecule has 2 aromatic heterocycles. The van der Waals surface area contributed by atoms with Crippen LogP contribution in [0.4, 0.5) is 10.2 Å². The SMILES string of the molecule is O=C(Cc1csc(-c2cccc(F)c2)n1)Nc1ccnn1Cc1ccc(Cl)cc1. The van der Waals surface area contributed by atoms with Crippen molar-refractivity contribution in [2.45, 2.75) is 13.0 Å². The molecule has 0 radical (unpaired) electrons. The topological polar surface area (TPSA) is 59.8 Å². The van der Waals surface area contributed by atoms with E-state index in [1.54, 1.807) is 29.1 Å². The first kappa shape index (κ1) is 19.3. The van der Waals surface area contributed by atoms with Crippen molar-refractivity contribution in [1.29, 1.82) is 0 Å². The van der Waals surface area contributed by atoms with Crippen LogP contribution in [-0.2, 0) is 17.8 Å². The molecule has 0 atom stereocenters. The van der Waals surface area contributed by atoms with Gasteiger partial charge in [0.2, 0.25) is 5.91 Å². The van der Waals surface area contributed by atoms with Crippen LogP contribution in [0.3, 0.4) is 0 Å². The normalized spacial score (nSPS) is 10.8. The van der Waals surface area contributed by atoms with Crippen molar-refractivity contribution >= 4 is 34.7 Å². The minimum Gasteiger partial charge on any atom is -0.311 e. The van der Waals surface area contributed by atoms with Crippen molar-refractivity contribution < 1.29 is 9.18 Å². The fraction of sp³-hybridized carbons (Fsp3) is 0.0952. The predicted molar refractivity (Wildman–Crippen MR) is 113 cm³/mol. The highest BCUT2D eigenvalue weighted by atomic mass is 35.5. The van der Waals surface area contributed by atoms with E-state index in [-0.39, 0.29) is 18.1 Å². The second kappa shape index (κ2) is 8.55. The maximum Gasteiger partial charge on any atom is 0.231 e. The highest BCUT2D eigenvalue weighted by Crippen LogP contribution is 2.24. The second-order valence-electron chi connectivity index (χ2n) is 6.38. The third-order valence-electron chi connectivity index (χ3n) is 4.19. The van der Waals surface area contributed by atoms with Crippen LogP contribution < -0.4 is 5.32 Å². The summed E-state index contributed by atoms with van der Waals surface area (Å²) < 4.78 is 15.1. The lowest BCUT2D eigenvalue weighted by Gasteiger charge is -2.09. The van der Waals surface area contributed by atoms with Crippen molar-refractivity contribution in [3.05, 3.63) is 88.3 Å². The molecule has 8 heteroatoms. The molecule has 0 spiro atoms. The van der Waals surface area contributed by atoms with Crippen LogP contribution in [0.2, 0.25) is 5.02 Å². The van der Waals surface area contributed by atoms with Gasteiger partial charge in [0, 0.05) is 22.0 Å². The number of halogens is 2. The van der Waals surface area contributed by atoms with Gasteiger partial charge in [-0.1, -0.05) is 35.9 Å². The van der Waals surface area contributed by atoms with Crippen LogP contribution in [0.15, 0.2) is 66.2 Å². The summed E-state index contributed by atoms with van der Waals surface area (Å²) >= 11 is 7.30. The van der Waals surface area contributed by atoms with E-state index in [2.05, 4.69) is 15.4 Å². The first-order valence-electron chi connectivity index (χ1n) is 8.83. The number of nitrogens with zero attached hydrogens (tertiary/aromatic N) is 3. The Morgan fingerprint density at radius 1 is 1.17 bits per heavy atom. The van der Waals surface area contributed by atoms with Crippen LogP contribution in [0.25, 0.3) is 10.6 Å². The number of carbonyl (C=O) groups excluding carboxylic acids is 1. The van der Waals surface area contributed by atoms with Gasteiger partial charge < -0.3 is 5.32 Å². The summed E-state index contributed by atoms with van der Waals surface area (Å²) in [6.45, 7) is 0.514. The Morgan fingerprint density at radius 2 is 2.00 bits per heavy atom. The van der Waals surface area contributed by atoms with E-state index in [1.807, 2.05) is 29.6 Å². The van der Waals surface area contributed by atoms with E-state index in [9.17, 15) is 9.18 Å². The van der Waals surface area contributed by atoms with Crippen molar-refractivity contribution in [3.63, 3.8) is 0 Å². The molecule has 0 fully saturated rings. The average Bonchev–Trinajstić information content (AvgIpc) is 3.33. The van der Waals surface area contributed by atoms with Crippen LogP contribution >= 0.6 is 22.9 Å². The summed E-state index contributed by atoms with van der Waals surface area (Å²) in [5.74, 6) is 0.0930. The molecule has 2 heterocycles. The molecule has 0 aliphatic carbocycles. The van der Waals surface area contributed by atoms with E-state index in [0.29, 0.717) is 33.7 Å². The van der Waals surface area contributed by atoms with Gasteiger partial charge in [-0.05, 0) is 29.8 Å². The zero-order valence-electron chi connectivity index (χ0n) is 15.2. The van der Waals surface area contributed by atoms with Gasteiger partial charge in [0.1, 0.15) is 16.6 Å². The Morgan fingerprint density at radius 3 is 2.79 bits per heavy atom. The lowest BCUT2D eigenvalue weighted by molar-refractivity contribution is -0.115. The number of amides is 1. The molecule has 5 nitrogen and oxygen atoms in total. The van der Waals surface area contributed by atoms with Gasteiger partial charge in [-0.25, -0.2) is 14.1 Å². The van der Waals surface area contributed by atoms with Gasteiger partial charge in [-0.3, -0.25) is 4.79 Å².